The molecule has 1 atom stereocenters. The molecule has 2 N–H and O–H groups in total. The molecule has 0 saturated heterocycles. The van der Waals surface area contributed by atoms with Crippen LogP contribution in [0.2, 0.25) is 10.0 Å². The van der Waals surface area contributed by atoms with Crippen molar-refractivity contribution in [1.82, 2.24) is 5.32 Å². The Balaban J connectivity index is 2.79. The first-order valence-corrected chi connectivity index (χ1v) is 7.18. The summed E-state index contributed by atoms with van der Waals surface area (Å²) in [5.74, 6) is -0.490. The first-order valence-electron chi connectivity index (χ1n) is 6.43. The Bertz CT molecular complexity index is 436. The molecule has 0 amide bonds. The molecule has 0 aliphatic carbocycles. The minimum absolute atomic E-state index is 0.0135. The molecule has 0 aliphatic rings. The van der Waals surface area contributed by atoms with Crippen LogP contribution in [-0.4, -0.2) is 17.3 Å². The minimum atomic E-state index is -0.744. The number of aliphatic hydroxyl groups is 1. The molecule has 19 heavy (non-hydrogen) atoms. The lowest BCUT2D eigenvalue weighted by molar-refractivity contribution is 0.0303. The zero-order chi connectivity index (χ0) is 14.6. The fourth-order valence-corrected chi connectivity index (χ4v) is 2.37. The molecule has 0 spiro atoms. The van der Waals surface area contributed by atoms with Gasteiger partial charge in [0.25, 0.3) is 0 Å². The first kappa shape index (κ1) is 16.7. The molecule has 108 valence electrons. The number of rotatable bonds is 6. The van der Waals surface area contributed by atoms with Gasteiger partial charge in [-0.15, -0.1) is 0 Å². The normalized spacial score (nSPS) is 13.6. The Hall–Kier alpha value is -0.350. The summed E-state index contributed by atoms with van der Waals surface area (Å²) in [5.41, 5.74) is -0.107. The van der Waals surface area contributed by atoms with Gasteiger partial charge in [-0.2, -0.15) is 0 Å². The number of nitrogens with one attached hydrogen (secondary N) is 1. The highest BCUT2D eigenvalue weighted by Crippen LogP contribution is 2.29. The zero-order valence-electron chi connectivity index (χ0n) is 11.4. The maximum atomic E-state index is 13.5. The van der Waals surface area contributed by atoms with Crippen molar-refractivity contribution >= 4 is 23.2 Å². The van der Waals surface area contributed by atoms with Crippen molar-refractivity contribution in [3.8, 4) is 0 Å². The molecule has 5 heteroatoms. The van der Waals surface area contributed by atoms with Crippen LogP contribution in [0.5, 0.6) is 0 Å². The molecular weight excluding hydrogens is 288 g/mol. The fourth-order valence-electron chi connectivity index (χ4n) is 1.82. The fraction of sp³-hybridized carbons (Fsp3) is 0.571. The van der Waals surface area contributed by atoms with Crippen LogP contribution in [0.25, 0.3) is 0 Å². The van der Waals surface area contributed by atoms with E-state index in [1.54, 1.807) is 0 Å². The van der Waals surface area contributed by atoms with Crippen LogP contribution >= 0.6 is 23.2 Å². The molecular formula is C14H20Cl2FNO. The second kappa shape index (κ2) is 6.89. The van der Waals surface area contributed by atoms with Crippen molar-refractivity contribution in [2.45, 2.75) is 45.3 Å². The van der Waals surface area contributed by atoms with Crippen molar-refractivity contribution in [3.63, 3.8) is 0 Å². The summed E-state index contributed by atoms with van der Waals surface area (Å²) in [6, 6.07) is 2.57. The van der Waals surface area contributed by atoms with Gasteiger partial charge in [-0.1, -0.05) is 37.0 Å². The van der Waals surface area contributed by atoms with Crippen LogP contribution in [0.3, 0.4) is 0 Å². The Morgan fingerprint density at radius 1 is 1.26 bits per heavy atom. The van der Waals surface area contributed by atoms with E-state index in [0.29, 0.717) is 30.0 Å². The molecule has 0 heterocycles. The SMILES string of the molecule is CCC(O)(CC)CNC(C)c1cc(F)c(Cl)cc1Cl. The lowest BCUT2D eigenvalue weighted by Gasteiger charge is -2.28. The van der Waals surface area contributed by atoms with E-state index >= 15 is 0 Å². The van der Waals surface area contributed by atoms with Crippen LogP contribution in [0.15, 0.2) is 12.1 Å². The third-order valence-electron chi connectivity index (χ3n) is 3.56. The van der Waals surface area contributed by atoms with Crippen molar-refractivity contribution in [2.24, 2.45) is 0 Å². The lowest BCUT2D eigenvalue weighted by Crippen LogP contribution is -2.40. The highest BCUT2D eigenvalue weighted by molar-refractivity contribution is 6.35. The van der Waals surface area contributed by atoms with Crippen LogP contribution in [0.4, 0.5) is 4.39 Å². The molecule has 1 aromatic carbocycles. The predicted molar refractivity (Wildman–Crippen MR) is 78.4 cm³/mol. The van der Waals surface area contributed by atoms with Gasteiger partial charge >= 0.3 is 0 Å². The van der Waals surface area contributed by atoms with Crippen molar-refractivity contribution in [3.05, 3.63) is 33.6 Å². The Kier molecular flexibility index (Phi) is 6.06. The minimum Gasteiger partial charge on any atom is -0.389 e. The van der Waals surface area contributed by atoms with Crippen molar-refractivity contribution in [1.29, 1.82) is 0 Å². The van der Waals surface area contributed by atoms with E-state index in [0.717, 1.165) is 0 Å². The molecule has 0 aromatic heterocycles. The van der Waals surface area contributed by atoms with E-state index < -0.39 is 11.4 Å². The zero-order valence-corrected chi connectivity index (χ0v) is 12.9. The van der Waals surface area contributed by atoms with E-state index in [4.69, 9.17) is 23.2 Å². The van der Waals surface area contributed by atoms with E-state index in [1.807, 2.05) is 20.8 Å². The summed E-state index contributed by atoms with van der Waals surface area (Å²) in [4.78, 5) is 0. The van der Waals surface area contributed by atoms with Gasteiger partial charge in [-0.05, 0) is 37.5 Å². The van der Waals surface area contributed by atoms with Crippen molar-refractivity contribution in [2.75, 3.05) is 6.54 Å². The average Bonchev–Trinajstić information content (AvgIpc) is 2.39. The molecule has 1 unspecified atom stereocenters. The molecule has 0 radical (unpaired) electrons. The van der Waals surface area contributed by atoms with Crippen LogP contribution < -0.4 is 5.32 Å². The second-order valence-corrected chi connectivity index (χ2v) is 5.64. The van der Waals surface area contributed by atoms with Crippen LogP contribution in [-0.2, 0) is 0 Å². The van der Waals surface area contributed by atoms with E-state index in [-0.39, 0.29) is 11.1 Å². The number of hydrogen-bond donors (Lipinski definition) is 2. The smallest absolute Gasteiger partial charge is 0.142 e. The molecule has 0 saturated carbocycles. The summed E-state index contributed by atoms with van der Waals surface area (Å²) in [5, 5.41) is 13.8. The molecule has 0 fully saturated rings. The maximum absolute atomic E-state index is 13.5. The molecule has 2 nitrogen and oxygen atoms in total. The van der Waals surface area contributed by atoms with Crippen LogP contribution in [0.1, 0.15) is 45.2 Å². The Morgan fingerprint density at radius 3 is 2.37 bits per heavy atom. The summed E-state index contributed by atoms with van der Waals surface area (Å²) >= 11 is 11.7. The molecule has 0 bridgehead atoms. The summed E-state index contributed by atoms with van der Waals surface area (Å²) in [6.45, 7) is 6.18. The monoisotopic (exact) mass is 307 g/mol. The van der Waals surface area contributed by atoms with Gasteiger partial charge in [0.05, 0.1) is 10.6 Å². The summed E-state index contributed by atoms with van der Waals surface area (Å²) < 4.78 is 13.5. The van der Waals surface area contributed by atoms with Gasteiger partial charge in [0.1, 0.15) is 5.82 Å². The standard InChI is InChI=1S/C14H20Cl2FNO/c1-4-14(19,5-2)8-18-9(3)10-6-13(17)12(16)7-11(10)15/h6-7,9,18-19H,4-5,8H2,1-3H3. The van der Waals surface area contributed by atoms with Gasteiger partial charge in [-0.25, -0.2) is 4.39 Å². The highest BCUT2D eigenvalue weighted by Gasteiger charge is 2.23. The van der Waals surface area contributed by atoms with Gasteiger partial charge in [0.15, 0.2) is 0 Å². The van der Waals surface area contributed by atoms with Gasteiger partial charge in [-0.3, -0.25) is 0 Å². The Morgan fingerprint density at radius 2 is 1.84 bits per heavy atom. The highest BCUT2D eigenvalue weighted by atomic mass is 35.5. The summed E-state index contributed by atoms with van der Waals surface area (Å²) in [7, 11) is 0. The van der Waals surface area contributed by atoms with E-state index in [2.05, 4.69) is 5.32 Å². The largest absolute Gasteiger partial charge is 0.389 e. The average molecular weight is 308 g/mol. The maximum Gasteiger partial charge on any atom is 0.142 e. The number of benzene rings is 1. The first-order chi connectivity index (χ1) is 8.83. The van der Waals surface area contributed by atoms with E-state index in [9.17, 15) is 9.50 Å². The van der Waals surface area contributed by atoms with Crippen molar-refractivity contribution < 1.29 is 9.50 Å². The van der Waals surface area contributed by atoms with Crippen LogP contribution in [0, 0.1) is 5.82 Å². The lowest BCUT2D eigenvalue weighted by atomic mass is 9.96. The molecule has 1 rings (SSSR count). The van der Waals surface area contributed by atoms with Gasteiger partial charge in [0, 0.05) is 17.6 Å². The summed E-state index contributed by atoms with van der Waals surface area (Å²) in [6.07, 6.45) is 1.32. The molecule has 0 aliphatic heterocycles. The number of hydrogen-bond acceptors (Lipinski definition) is 2. The second-order valence-electron chi connectivity index (χ2n) is 4.82. The molecule has 1 aromatic rings. The quantitative estimate of drug-likeness (QED) is 0.767. The topological polar surface area (TPSA) is 32.3 Å². The van der Waals surface area contributed by atoms with E-state index in [1.165, 1.54) is 12.1 Å². The third-order valence-corrected chi connectivity index (χ3v) is 4.18. The predicted octanol–water partition coefficient (Wildman–Crippen LogP) is 4.33. The Labute approximate surface area is 123 Å². The van der Waals surface area contributed by atoms with Gasteiger partial charge in [0.2, 0.25) is 0 Å². The number of halogens is 3. The third kappa shape index (κ3) is 4.32. The van der Waals surface area contributed by atoms with Gasteiger partial charge < -0.3 is 10.4 Å².